The molecular formula is C23H21N7OS. The Morgan fingerprint density at radius 1 is 1.06 bits per heavy atom. The van der Waals surface area contributed by atoms with Crippen LogP contribution >= 0.6 is 11.3 Å². The summed E-state index contributed by atoms with van der Waals surface area (Å²) in [6.45, 7) is 6.06. The second kappa shape index (κ2) is 8.08. The van der Waals surface area contributed by atoms with Gasteiger partial charge in [-0.3, -0.25) is 4.79 Å². The number of rotatable bonds is 5. The molecule has 4 heterocycles. The summed E-state index contributed by atoms with van der Waals surface area (Å²) in [4.78, 5) is 27.6. The second-order valence-corrected chi connectivity index (χ2v) is 8.67. The fourth-order valence-electron chi connectivity index (χ4n) is 4.03. The molecule has 1 aromatic carbocycles. The molecule has 0 amide bonds. The van der Waals surface area contributed by atoms with Gasteiger partial charge < -0.3 is 9.88 Å². The molecule has 0 aliphatic rings. The van der Waals surface area contributed by atoms with E-state index >= 15 is 0 Å². The number of aromatic nitrogens is 6. The van der Waals surface area contributed by atoms with Crippen molar-refractivity contribution in [3.05, 3.63) is 70.6 Å². The van der Waals surface area contributed by atoms with Crippen LogP contribution in [-0.2, 0) is 0 Å². The molecule has 9 heteroatoms. The van der Waals surface area contributed by atoms with E-state index in [2.05, 4.69) is 36.5 Å². The minimum Gasteiger partial charge on any atom is -0.360 e. The van der Waals surface area contributed by atoms with E-state index in [1.165, 1.54) is 17.7 Å². The Balaban J connectivity index is 1.67. The number of hydrogen-bond acceptors (Lipinski definition) is 8. The summed E-state index contributed by atoms with van der Waals surface area (Å²) in [6, 6.07) is 9.62. The first-order valence-corrected chi connectivity index (χ1v) is 11.2. The van der Waals surface area contributed by atoms with Crippen LogP contribution in [0.1, 0.15) is 38.5 Å². The van der Waals surface area contributed by atoms with Crippen LogP contribution in [-0.4, -0.2) is 29.7 Å². The van der Waals surface area contributed by atoms with Crippen LogP contribution in [0.3, 0.4) is 0 Å². The lowest BCUT2D eigenvalue weighted by Crippen LogP contribution is -2.28. The van der Waals surface area contributed by atoms with Gasteiger partial charge >= 0.3 is 0 Å². The maximum atomic E-state index is 13.8. The van der Waals surface area contributed by atoms with E-state index in [-0.39, 0.29) is 17.6 Å². The standard InChI is InChI=1S/C23H21N7OS/c1-13(2)30-18(14(3)29-21-20-22(25-11-24-21)32-12-26-20)9-15-5-4-6-17(19(15)23(30)31)16-7-8-27-28-10-16/h4-14H,1-3H3,(H,24,25,29). The number of nitrogens with zero attached hydrogens (tertiary/aromatic N) is 6. The van der Waals surface area contributed by atoms with E-state index < -0.39 is 0 Å². The summed E-state index contributed by atoms with van der Waals surface area (Å²) >= 11 is 1.47. The first-order valence-electron chi connectivity index (χ1n) is 10.3. The molecule has 1 atom stereocenters. The van der Waals surface area contributed by atoms with Crippen molar-refractivity contribution in [2.24, 2.45) is 0 Å². The number of hydrogen-bond donors (Lipinski definition) is 1. The Kier molecular flexibility index (Phi) is 5.10. The highest BCUT2D eigenvalue weighted by Crippen LogP contribution is 2.30. The molecule has 1 N–H and O–H groups in total. The highest BCUT2D eigenvalue weighted by molar-refractivity contribution is 7.16. The van der Waals surface area contributed by atoms with E-state index in [1.807, 2.05) is 49.6 Å². The lowest BCUT2D eigenvalue weighted by atomic mass is 9.99. The molecule has 5 rings (SSSR count). The van der Waals surface area contributed by atoms with Gasteiger partial charge in [0.15, 0.2) is 5.82 Å². The fraction of sp³-hybridized carbons (Fsp3) is 0.217. The van der Waals surface area contributed by atoms with Gasteiger partial charge in [-0.1, -0.05) is 18.2 Å². The molecule has 8 nitrogen and oxygen atoms in total. The third kappa shape index (κ3) is 3.40. The predicted molar refractivity (Wildman–Crippen MR) is 127 cm³/mol. The van der Waals surface area contributed by atoms with E-state index in [0.717, 1.165) is 32.6 Å². The molecule has 32 heavy (non-hydrogen) atoms. The first-order chi connectivity index (χ1) is 15.5. The lowest BCUT2D eigenvalue weighted by Gasteiger charge is -2.24. The predicted octanol–water partition coefficient (Wildman–Crippen LogP) is 4.61. The highest BCUT2D eigenvalue weighted by atomic mass is 32.1. The summed E-state index contributed by atoms with van der Waals surface area (Å²) in [6.07, 6.45) is 4.84. The van der Waals surface area contributed by atoms with Gasteiger partial charge in [-0.05, 0) is 43.9 Å². The first kappa shape index (κ1) is 20.2. The van der Waals surface area contributed by atoms with E-state index in [9.17, 15) is 4.79 Å². The molecular weight excluding hydrogens is 422 g/mol. The Hall–Kier alpha value is -3.72. The van der Waals surface area contributed by atoms with Crippen molar-refractivity contribution in [1.82, 2.24) is 29.7 Å². The SMILES string of the molecule is CC(Nc1ncnc2scnc12)c1cc2cccc(-c3ccnnc3)c2c(=O)n1C(C)C. The van der Waals surface area contributed by atoms with E-state index in [4.69, 9.17) is 0 Å². The quantitative estimate of drug-likeness (QED) is 0.423. The number of fused-ring (bicyclic) bond motifs is 2. The molecule has 0 spiro atoms. The van der Waals surface area contributed by atoms with Crippen LogP contribution in [0.4, 0.5) is 5.82 Å². The summed E-state index contributed by atoms with van der Waals surface area (Å²) in [5, 5.41) is 12.8. The van der Waals surface area contributed by atoms with Gasteiger partial charge in [0.05, 0.1) is 29.3 Å². The van der Waals surface area contributed by atoms with Gasteiger partial charge in [0.1, 0.15) is 16.7 Å². The minimum atomic E-state index is -0.180. The molecule has 5 aromatic rings. The van der Waals surface area contributed by atoms with Gasteiger partial charge in [-0.2, -0.15) is 10.2 Å². The fourth-order valence-corrected chi connectivity index (χ4v) is 4.66. The molecule has 0 fully saturated rings. The molecule has 0 aliphatic heterocycles. The molecule has 0 saturated heterocycles. The average Bonchev–Trinajstić information content (AvgIpc) is 3.29. The monoisotopic (exact) mass is 443 g/mol. The molecule has 4 aromatic heterocycles. The Bertz CT molecular complexity index is 1480. The number of anilines is 1. The molecule has 160 valence electrons. The highest BCUT2D eigenvalue weighted by Gasteiger charge is 2.20. The third-order valence-corrected chi connectivity index (χ3v) is 6.19. The zero-order valence-corrected chi connectivity index (χ0v) is 18.7. The van der Waals surface area contributed by atoms with Gasteiger partial charge in [0, 0.05) is 17.3 Å². The van der Waals surface area contributed by atoms with Gasteiger partial charge in [0.25, 0.3) is 5.56 Å². The van der Waals surface area contributed by atoms with Crippen LogP contribution in [0.15, 0.2) is 59.4 Å². The largest absolute Gasteiger partial charge is 0.360 e. The number of benzene rings is 1. The normalized spacial score (nSPS) is 12.5. The zero-order valence-electron chi connectivity index (χ0n) is 17.9. The number of nitrogens with one attached hydrogen (secondary N) is 1. The Morgan fingerprint density at radius 2 is 1.94 bits per heavy atom. The Morgan fingerprint density at radius 3 is 2.72 bits per heavy atom. The van der Waals surface area contributed by atoms with Crippen molar-refractivity contribution < 1.29 is 0 Å². The number of pyridine rings is 1. The maximum Gasteiger partial charge on any atom is 0.259 e. The van der Waals surface area contributed by atoms with Crippen molar-refractivity contribution in [2.45, 2.75) is 32.9 Å². The average molecular weight is 444 g/mol. The number of thiazole rings is 1. The van der Waals surface area contributed by atoms with Crippen molar-refractivity contribution in [2.75, 3.05) is 5.32 Å². The van der Waals surface area contributed by atoms with Gasteiger partial charge in [0.2, 0.25) is 0 Å². The lowest BCUT2D eigenvalue weighted by molar-refractivity contribution is 0.541. The maximum absolute atomic E-state index is 13.8. The summed E-state index contributed by atoms with van der Waals surface area (Å²) in [5.74, 6) is 0.656. The minimum absolute atomic E-state index is 0.0283. The van der Waals surface area contributed by atoms with Crippen molar-refractivity contribution >= 4 is 38.3 Å². The van der Waals surface area contributed by atoms with Crippen molar-refractivity contribution in [3.8, 4) is 11.1 Å². The Labute approximate surface area is 188 Å². The second-order valence-electron chi connectivity index (χ2n) is 7.83. The summed E-state index contributed by atoms with van der Waals surface area (Å²) in [7, 11) is 0. The molecule has 0 bridgehead atoms. The van der Waals surface area contributed by atoms with Crippen LogP contribution in [0.25, 0.3) is 32.2 Å². The molecule has 0 aliphatic carbocycles. The molecule has 1 unspecified atom stereocenters. The van der Waals surface area contributed by atoms with Gasteiger partial charge in [-0.15, -0.1) is 11.3 Å². The van der Waals surface area contributed by atoms with Crippen LogP contribution < -0.4 is 10.9 Å². The molecule has 0 saturated carbocycles. The van der Waals surface area contributed by atoms with E-state index in [0.29, 0.717) is 11.2 Å². The molecule has 0 radical (unpaired) electrons. The van der Waals surface area contributed by atoms with Crippen molar-refractivity contribution in [1.29, 1.82) is 0 Å². The summed E-state index contributed by atoms with van der Waals surface area (Å²) in [5.41, 5.74) is 5.05. The van der Waals surface area contributed by atoms with E-state index in [1.54, 1.807) is 17.9 Å². The van der Waals surface area contributed by atoms with Crippen LogP contribution in [0.5, 0.6) is 0 Å². The third-order valence-electron chi connectivity index (χ3n) is 5.45. The topological polar surface area (TPSA) is 98.5 Å². The van der Waals surface area contributed by atoms with Crippen LogP contribution in [0.2, 0.25) is 0 Å². The van der Waals surface area contributed by atoms with Crippen molar-refractivity contribution in [3.63, 3.8) is 0 Å². The smallest absolute Gasteiger partial charge is 0.259 e. The summed E-state index contributed by atoms with van der Waals surface area (Å²) < 4.78 is 1.84. The zero-order chi connectivity index (χ0) is 22.2. The van der Waals surface area contributed by atoms with Gasteiger partial charge in [-0.25, -0.2) is 15.0 Å². The van der Waals surface area contributed by atoms with Crippen LogP contribution in [0, 0.1) is 0 Å².